The van der Waals surface area contributed by atoms with Gasteiger partial charge in [-0.15, -0.1) is 5.10 Å². The van der Waals surface area contributed by atoms with E-state index < -0.39 is 10.0 Å². The van der Waals surface area contributed by atoms with Crippen LogP contribution in [0.5, 0.6) is 0 Å². The Bertz CT molecular complexity index is 728. The second kappa shape index (κ2) is 6.98. The first-order valence-electron chi connectivity index (χ1n) is 6.46. The third-order valence-electron chi connectivity index (χ3n) is 2.62. The number of anilines is 1. The van der Waals surface area contributed by atoms with E-state index in [1.807, 2.05) is 12.1 Å². The first-order chi connectivity index (χ1) is 10.4. The number of sulfonamides is 1. The summed E-state index contributed by atoms with van der Waals surface area (Å²) in [6, 6.07) is 3.76. The molecule has 118 valence electrons. The molecule has 0 aliphatic carbocycles. The Morgan fingerprint density at radius 3 is 2.73 bits per heavy atom. The topological polar surface area (TPSA) is 119 Å². The lowest BCUT2D eigenvalue weighted by atomic mass is 10.2. The summed E-state index contributed by atoms with van der Waals surface area (Å²) < 4.78 is 25.5. The van der Waals surface area contributed by atoms with Crippen LogP contribution in [-0.4, -0.2) is 47.1 Å². The van der Waals surface area contributed by atoms with Crippen molar-refractivity contribution in [3.8, 4) is 0 Å². The first kappa shape index (κ1) is 15.9. The smallest absolute Gasteiger partial charge is 0.241 e. The van der Waals surface area contributed by atoms with E-state index in [1.54, 1.807) is 12.4 Å². The zero-order chi connectivity index (χ0) is 16.0. The van der Waals surface area contributed by atoms with Crippen molar-refractivity contribution in [1.29, 1.82) is 0 Å². The summed E-state index contributed by atoms with van der Waals surface area (Å²) in [4.78, 5) is 15.7. The molecule has 0 fully saturated rings. The molecule has 1 amide bonds. The van der Waals surface area contributed by atoms with E-state index in [1.165, 1.54) is 10.9 Å². The number of carbonyl (C=O) groups is 1. The number of nitrogens with zero attached hydrogens (tertiary/aromatic N) is 4. The fourth-order valence-corrected chi connectivity index (χ4v) is 2.18. The number of nitrogens with one attached hydrogen (secondary N) is 2. The van der Waals surface area contributed by atoms with Gasteiger partial charge in [0.25, 0.3) is 0 Å². The fourth-order valence-electron chi connectivity index (χ4n) is 1.71. The Hall–Kier alpha value is -2.49. The Kier molecular flexibility index (Phi) is 5.04. The molecule has 0 aliphatic rings. The molecule has 2 N–H and O–H groups in total. The van der Waals surface area contributed by atoms with Gasteiger partial charge in [-0.2, -0.15) is 0 Å². The predicted molar refractivity (Wildman–Crippen MR) is 79.4 cm³/mol. The average molecular weight is 324 g/mol. The van der Waals surface area contributed by atoms with Gasteiger partial charge in [0.05, 0.1) is 12.5 Å². The van der Waals surface area contributed by atoms with Crippen LogP contribution in [0.4, 0.5) is 5.82 Å². The minimum atomic E-state index is -3.41. The largest absolute Gasteiger partial charge is 0.354 e. The maximum absolute atomic E-state index is 11.7. The molecule has 9 nitrogen and oxygen atoms in total. The van der Waals surface area contributed by atoms with Crippen molar-refractivity contribution < 1.29 is 13.2 Å². The van der Waals surface area contributed by atoms with Crippen LogP contribution >= 0.6 is 0 Å². The van der Waals surface area contributed by atoms with Gasteiger partial charge >= 0.3 is 0 Å². The predicted octanol–water partition coefficient (Wildman–Crippen LogP) is -0.596. The molecule has 0 saturated heterocycles. The number of carbonyl (C=O) groups excluding carboxylic acids is 1. The zero-order valence-corrected chi connectivity index (χ0v) is 12.7. The molecule has 0 bridgehead atoms. The molecular weight excluding hydrogens is 308 g/mol. The van der Waals surface area contributed by atoms with Crippen LogP contribution in [0.25, 0.3) is 0 Å². The zero-order valence-electron chi connectivity index (χ0n) is 11.9. The van der Waals surface area contributed by atoms with Crippen molar-refractivity contribution in [3.05, 3.63) is 36.3 Å². The summed E-state index contributed by atoms with van der Waals surface area (Å²) in [5, 5.41) is 10.0. The summed E-state index contributed by atoms with van der Waals surface area (Å²) in [5.74, 6) is -0.156. The molecule has 2 rings (SSSR count). The fraction of sp³-hybridized carbons (Fsp3) is 0.333. The molecule has 2 aromatic rings. The molecule has 0 aliphatic heterocycles. The number of hydrogen-bond acceptors (Lipinski definition) is 6. The van der Waals surface area contributed by atoms with E-state index in [2.05, 4.69) is 25.3 Å². The second-order valence-electron chi connectivity index (χ2n) is 4.63. The summed E-state index contributed by atoms with van der Waals surface area (Å²) in [7, 11) is -3.41. The average Bonchev–Trinajstić information content (AvgIpc) is 2.84. The molecular formula is C12H16N6O3S. The van der Waals surface area contributed by atoms with Crippen molar-refractivity contribution >= 4 is 21.7 Å². The standard InChI is InChI=1S/C12H16N6O3S/c1-22(20,21)16-11-8-18(17-15-11)9-12(19)14-7-4-10-2-5-13-6-3-10/h2-3,5-6,8,16H,4,7,9H2,1H3,(H,14,19). The number of hydrogen-bond donors (Lipinski definition) is 2. The normalized spacial score (nSPS) is 11.1. The van der Waals surface area contributed by atoms with Crippen molar-refractivity contribution in [2.75, 3.05) is 17.5 Å². The van der Waals surface area contributed by atoms with E-state index in [9.17, 15) is 13.2 Å². The second-order valence-corrected chi connectivity index (χ2v) is 6.38. The van der Waals surface area contributed by atoms with Crippen molar-refractivity contribution in [3.63, 3.8) is 0 Å². The van der Waals surface area contributed by atoms with Gasteiger partial charge in [0, 0.05) is 18.9 Å². The summed E-state index contributed by atoms with van der Waals surface area (Å²) in [5.41, 5.74) is 1.08. The van der Waals surface area contributed by atoms with E-state index in [4.69, 9.17) is 0 Å². The van der Waals surface area contributed by atoms with E-state index in [-0.39, 0.29) is 18.3 Å². The Morgan fingerprint density at radius 2 is 2.05 bits per heavy atom. The lowest BCUT2D eigenvalue weighted by Crippen LogP contribution is -2.29. The molecule has 22 heavy (non-hydrogen) atoms. The summed E-state index contributed by atoms with van der Waals surface area (Å²) in [6.45, 7) is 0.459. The maximum atomic E-state index is 11.7. The Labute approximate surface area is 127 Å². The first-order valence-corrected chi connectivity index (χ1v) is 8.35. The molecule has 0 saturated carbocycles. The highest BCUT2D eigenvalue weighted by molar-refractivity contribution is 7.92. The van der Waals surface area contributed by atoms with Gasteiger partial charge in [-0.1, -0.05) is 5.21 Å². The van der Waals surface area contributed by atoms with Crippen LogP contribution in [0.1, 0.15) is 5.56 Å². The third kappa shape index (κ3) is 5.48. The van der Waals surface area contributed by atoms with Crippen LogP contribution in [0.15, 0.2) is 30.7 Å². The van der Waals surface area contributed by atoms with E-state index in [0.717, 1.165) is 11.8 Å². The highest BCUT2D eigenvalue weighted by Crippen LogP contribution is 2.02. The number of amides is 1. The van der Waals surface area contributed by atoms with Crippen LogP contribution in [0.3, 0.4) is 0 Å². The number of pyridine rings is 1. The summed E-state index contributed by atoms with van der Waals surface area (Å²) in [6.07, 6.45) is 6.46. The van der Waals surface area contributed by atoms with Gasteiger partial charge in [-0.05, 0) is 24.1 Å². The van der Waals surface area contributed by atoms with Crippen molar-refractivity contribution in [2.45, 2.75) is 13.0 Å². The molecule has 2 aromatic heterocycles. The monoisotopic (exact) mass is 324 g/mol. The van der Waals surface area contributed by atoms with Crippen LogP contribution in [0, 0.1) is 0 Å². The van der Waals surface area contributed by atoms with Crippen molar-refractivity contribution in [1.82, 2.24) is 25.3 Å². The van der Waals surface area contributed by atoms with Gasteiger partial charge in [-0.25, -0.2) is 13.1 Å². The highest BCUT2D eigenvalue weighted by atomic mass is 32.2. The van der Waals surface area contributed by atoms with Crippen LogP contribution < -0.4 is 10.0 Å². The van der Waals surface area contributed by atoms with Gasteiger partial charge in [0.1, 0.15) is 6.54 Å². The van der Waals surface area contributed by atoms with Crippen molar-refractivity contribution in [2.24, 2.45) is 0 Å². The minimum absolute atomic E-state index is 0.0329. The quantitative estimate of drug-likeness (QED) is 0.702. The Morgan fingerprint density at radius 1 is 1.32 bits per heavy atom. The minimum Gasteiger partial charge on any atom is -0.354 e. The molecule has 0 aromatic carbocycles. The molecule has 2 heterocycles. The van der Waals surface area contributed by atoms with Crippen LogP contribution in [-0.2, 0) is 27.8 Å². The Balaban J connectivity index is 1.77. The van der Waals surface area contributed by atoms with Gasteiger partial charge in [0.15, 0.2) is 5.82 Å². The van der Waals surface area contributed by atoms with Gasteiger partial charge in [-0.3, -0.25) is 14.5 Å². The highest BCUT2D eigenvalue weighted by Gasteiger charge is 2.08. The lowest BCUT2D eigenvalue weighted by molar-refractivity contribution is -0.121. The lowest BCUT2D eigenvalue weighted by Gasteiger charge is -2.04. The number of rotatable bonds is 7. The summed E-state index contributed by atoms with van der Waals surface area (Å²) >= 11 is 0. The third-order valence-corrected chi connectivity index (χ3v) is 3.20. The molecule has 0 spiro atoms. The van der Waals surface area contributed by atoms with E-state index in [0.29, 0.717) is 13.0 Å². The molecule has 0 radical (unpaired) electrons. The molecule has 0 unspecified atom stereocenters. The van der Waals surface area contributed by atoms with Crippen LogP contribution in [0.2, 0.25) is 0 Å². The van der Waals surface area contributed by atoms with Gasteiger partial charge < -0.3 is 5.32 Å². The molecule has 0 atom stereocenters. The molecule has 10 heteroatoms. The van der Waals surface area contributed by atoms with Gasteiger partial charge in [0.2, 0.25) is 15.9 Å². The maximum Gasteiger partial charge on any atom is 0.241 e. The number of aromatic nitrogens is 4. The SMILES string of the molecule is CS(=O)(=O)Nc1cn(CC(=O)NCCc2ccncc2)nn1. The van der Waals surface area contributed by atoms with E-state index >= 15 is 0 Å².